The van der Waals surface area contributed by atoms with Crippen LogP contribution in [0.5, 0.6) is 0 Å². The van der Waals surface area contributed by atoms with Crippen LogP contribution >= 0.6 is 12.0 Å². The molecule has 0 N–H and O–H groups in total. The van der Waals surface area contributed by atoms with E-state index in [1.807, 2.05) is 0 Å². The van der Waals surface area contributed by atoms with Crippen molar-refractivity contribution in [1.82, 2.24) is 0 Å². The Morgan fingerprint density at radius 3 is 2.38 bits per heavy atom. The lowest BCUT2D eigenvalue weighted by molar-refractivity contribution is 0.119. The largest absolute Gasteiger partial charge is 0.312 e. The minimum atomic E-state index is 0.513. The maximum atomic E-state index is 5.78. The van der Waals surface area contributed by atoms with Gasteiger partial charge in [0.25, 0.3) is 0 Å². The third-order valence-electron chi connectivity index (χ3n) is 2.93. The van der Waals surface area contributed by atoms with Crippen molar-refractivity contribution in [1.29, 1.82) is 0 Å². The third-order valence-corrected chi connectivity index (χ3v) is 3.70. The van der Waals surface area contributed by atoms with Gasteiger partial charge in [0.1, 0.15) is 0 Å². The number of hydrogen-bond donors (Lipinski definition) is 0. The molecule has 0 radical (unpaired) electrons. The van der Waals surface area contributed by atoms with Crippen LogP contribution in [0.15, 0.2) is 0 Å². The van der Waals surface area contributed by atoms with Crippen LogP contribution in [0.1, 0.15) is 47.0 Å². The Morgan fingerprint density at radius 2 is 1.85 bits per heavy atom. The van der Waals surface area contributed by atoms with Crippen molar-refractivity contribution in [3.05, 3.63) is 0 Å². The van der Waals surface area contributed by atoms with Crippen molar-refractivity contribution in [3.8, 4) is 0 Å². The van der Waals surface area contributed by atoms with Gasteiger partial charge >= 0.3 is 0 Å². The van der Waals surface area contributed by atoms with Crippen LogP contribution in [0.4, 0.5) is 0 Å². The summed E-state index contributed by atoms with van der Waals surface area (Å²) < 4.78 is 5.78. The molecule has 1 fully saturated rings. The van der Waals surface area contributed by atoms with E-state index in [9.17, 15) is 0 Å². The van der Waals surface area contributed by atoms with Crippen LogP contribution in [-0.4, -0.2) is 11.4 Å². The van der Waals surface area contributed by atoms with E-state index in [1.165, 1.54) is 19.3 Å². The first-order valence-electron chi connectivity index (χ1n) is 5.41. The average molecular weight is 202 g/mol. The van der Waals surface area contributed by atoms with Gasteiger partial charge in [-0.2, -0.15) is 0 Å². The summed E-state index contributed by atoms with van der Waals surface area (Å²) in [4.78, 5) is 0. The van der Waals surface area contributed by atoms with E-state index in [1.54, 1.807) is 12.0 Å². The van der Waals surface area contributed by atoms with Crippen LogP contribution in [0, 0.1) is 11.8 Å². The monoisotopic (exact) mass is 202 g/mol. The molecule has 1 aliphatic rings. The van der Waals surface area contributed by atoms with Crippen molar-refractivity contribution in [2.24, 2.45) is 11.8 Å². The zero-order chi connectivity index (χ0) is 9.84. The highest BCUT2D eigenvalue weighted by Gasteiger charge is 2.25. The van der Waals surface area contributed by atoms with Crippen LogP contribution < -0.4 is 0 Å². The highest BCUT2D eigenvalue weighted by atomic mass is 32.2. The van der Waals surface area contributed by atoms with E-state index in [-0.39, 0.29) is 0 Å². The number of hydrogen-bond acceptors (Lipinski definition) is 2. The Morgan fingerprint density at radius 1 is 1.15 bits per heavy atom. The fraction of sp³-hybridized carbons (Fsp3) is 1.00. The maximum Gasteiger partial charge on any atom is 0.0725 e. The first-order chi connectivity index (χ1) is 6.09. The molecule has 1 rings (SSSR count). The topological polar surface area (TPSA) is 9.23 Å². The minimum Gasteiger partial charge on any atom is -0.312 e. The Bertz CT molecular complexity index is 147. The van der Waals surface area contributed by atoms with Crippen LogP contribution in [-0.2, 0) is 4.18 Å². The van der Waals surface area contributed by atoms with E-state index in [2.05, 4.69) is 27.7 Å². The smallest absolute Gasteiger partial charge is 0.0725 e. The van der Waals surface area contributed by atoms with Crippen LogP contribution in [0.3, 0.4) is 0 Å². The molecule has 1 aliphatic carbocycles. The van der Waals surface area contributed by atoms with Gasteiger partial charge in [0, 0.05) is 5.25 Å². The van der Waals surface area contributed by atoms with E-state index in [0.29, 0.717) is 11.4 Å². The Kier molecular flexibility index (Phi) is 4.60. The molecule has 1 saturated carbocycles. The van der Waals surface area contributed by atoms with Crippen LogP contribution in [0.2, 0.25) is 0 Å². The zero-order valence-corrected chi connectivity index (χ0v) is 10.1. The molecule has 0 aromatic rings. The van der Waals surface area contributed by atoms with Gasteiger partial charge in [0.05, 0.1) is 6.10 Å². The molecular formula is C11H22OS. The summed E-state index contributed by atoms with van der Waals surface area (Å²) in [7, 11) is 0. The standard InChI is InChI=1S/C11H22OS/c1-8(2)13-12-11-6-5-9(3)10(4)7-11/h8-11H,5-7H2,1-4H3. The van der Waals surface area contributed by atoms with Gasteiger partial charge in [-0.05, 0) is 43.1 Å². The van der Waals surface area contributed by atoms with Gasteiger partial charge in [0.15, 0.2) is 0 Å². The van der Waals surface area contributed by atoms with Gasteiger partial charge in [-0.15, -0.1) is 0 Å². The normalized spacial score (nSPS) is 35.3. The Hall–Kier alpha value is 0.310. The summed E-state index contributed by atoms with van der Waals surface area (Å²) in [6.45, 7) is 9.07. The van der Waals surface area contributed by atoms with Crippen molar-refractivity contribution in [3.63, 3.8) is 0 Å². The molecule has 2 heteroatoms. The summed E-state index contributed by atoms with van der Waals surface area (Å²) in [6, 6.07) is 0. The quantitative estimate of drug-likeness (QED) is 0.642. The molecule has 3 unspecified atom stereocenters. The van der Waals surface area contributed by atoms with Crippen molar-refractivity contribution < 1.29 is 4.18 Å². The van der Waals surface area contributed by atoms with Crippen molar-refractivity contribution >= 4 is 12.0 Å². The predicted octanol–water partition coefficient (Wildman–Crippen LogP) is 3.88. The van der Waals surface area contributed by atoms with Gasteiger partial charge < -0.3 is 4.18 Å². The second-order valence-electron chi connectivity index (χ2n) is 4.63. The van der Waals surface area contributed by atoms with E-state index < -0.39 is 0 Å². The minimum absolute atomic E-state index is 0.513. The Labute approximate surface area is 86.8 Å². The summed E-state index contributed by atoms with van der Waals surface area (Å²) in [5, 5.41) is 0.592. The summed E-state index contributed by atoms with van der Waals surface area (Å²) in [6.07, 6.45) is 4.36. The molecule has 0 saturated heterocycles. The second kappa shape index (κ2) is 5.26. The third kappa shape index (κ3) is 3.90. The fourth-order valence-electron chi connectivity index (χ4n) is 1.78. The lowest BCUT2D eigenvalue weighted by atomic mass is 9.80. The van der Waals surface area contributed by atoms with Gasteiger partial charge in [-0.25, -0.2) is 0 Å². The van der Waals surface area contributed by atoms with Crippen LogP contribution in [0.25, 0.3) is 0 Å². The summed E-state index contributed by atoms with van der Waals surface area (Å²) >= 11 is 1.64. The molecular weight excluding hydrogens is 180 g/mol. The molecule has 0 aliphatic heterocycles. The molecule has 0 bridgehead atoms. The maximum absolute atomic E-state index is 5.78. The lowest BCUT2D eigenvalue weighted by Crippen LogP contribution is -2.25. The van der Waals surface area contributed by atoms with Gasteiger partial charge in [-0.3, -0.25) is 0 Å². The first kappa shape index (κ1) is 11.4. The number of rotatable bonds is 3. The zero-order valence-electron chi connectivity index (χ0n) is 9.25. The molecule has 0 aromatic carbocycles. The lowest BCUT2D eigenvalue weighted by Gasteiger charge is -2.31. The molecule has 0 heterocycles. The second-order valence-corrected chi connectivity index (χ2v) is 5.96. The summed E-state index contributed by atoms with van der Waals surface area (Å²) in [5.74, 6) is 1.73. The van der Waals surface area contributed by atoms with Crippen molar-refractivity contribution in [2.45, 2.75) is 58.3 Å². The van der Waals surface area contributed by atoms with E-state index in [4.69, 9.17) is 4.18 Å². The first-order valence-corrected chi connectivity index (χ1v) is 6.22. The highest BCUT2D eigenvalue weighted by Crippen LogP contribution is 2.33. The highest BCUT2D eigenvalue weighted by molar-refractivity contribution is 7.95. The summed E-state index contributed by atoms with van der Waals surface area (Å²) in [5.41, 5.74) is 0. The van der Waals surface area contributed by atoms with E-state index >= 15 is 0 Å². The molecule has 0 spiro atoms. The molecule has 0 aromatic heterocycles. The fourth-order valence-corrected chi connectivity index (χ4v) is 2.33. The van der Waals surface area contributed by atoms with Gasteiger partial charge in [-0.1, -0.05) is 27.7 Å². The Balaban J connectivity index is 2.21. The molecule has 78 valence electrons. The average Bonchev–Trinajstić information content (AvgIpc) is 2.07. The molecule has 3 atom stereocenters. The van der Waals surface area contributed by atoms with Gasteiger partial charge in [0.2, 0.25) is 0 Å². The predicted molar refractivity (Wildman–Crippen MR) is 59.8 cm³/mol. The molecule has 13 heavy (non-hydrogen) atoms. The molecule has 0 amide bonds. The SMILES string of the molecule is CC(C)SOC1CCC(C)C(C)C1. The van der Waals surface area contributed by atoms with E-state index in [0.717, 1.165) is 11.8 Å². The van der Waals surface area contributed by atoms with Crippen molar-refractivity contribution in [2.75, 3.05) is 0 Å². The molecule has 1 nitrogen and oxygen atoms in total.